The fourth-order valence-corrected chi connectivity index (χ4v) is 5.65. The zero-order valence-electron chi connectivity index (χ0n) is 24.5. The summed E-state index contributed by atoms with van der Waals surface area (Å²) in [5.74, 6) is -2.88. The summed E-state index contributed by atoms with van der Waals surface area (Å²) in [6.45, 7) is 6.14. The number of esters is 2. The maximum atomic E-state index is 13.3. The van der Waals surface area contributed by atoms with Gasteiger partial charge >= 0.3 is 11.9 Å². The number of carbonyl (C=O) groups is 2. The van der Waals surface area contributed by atoms with Crippen LogP contribution in [0.25, 0.3) is 10.8 Å². The molecule has 0 bridgehead atoms. The molecular weight excluding hydrogens is 591 g/mol. The number of halogens is 2. The topological polar surface area (TPSA) is 95.5 Å². The first-order chi connectivity index (χ1) is 20.9. The van der Waals surface area contributed by atoms with E-state index in [1.807, 2.05) is 12.1 Å². The van der Waals surface area contributed by atoms with E-state index >= 15 is 0 Å². The molecule has 2 atom stereocenters. The monoisotopic (exact) mass is 626 g/mol. The van der Waals surface area contributed by atoms with Crippen LogP contribution in [0.1, 0.15) is 30.9 Å². The smallest absolute Gasteiger partial charge is 0.336 e. The first kappa shape index (κ1) is 32.6. The number of methoxy groups -OCH3 is 1. The Hall–Kier alpha value is -3.27. The van der Waals surface area contributed by atoms with Crippen LogP contribution in [0.3, 0.4) is 0 Å². The number of hydrogen-bond donors (Lipinski definition) is 1. The molecule has 43 heavy (non-hydrogen) atoms. The largest absolute Gasteiger partial charge is 0.468 e. The van der Waals surface area contributed by atoms with Gasteiger partial charge in [0.2, 0.25) is 0 Å². The maximum absolute atomic E-state index is 13.3. The highest BCUT2D eigenvalue weighted by atomic mass is 35.5. The number of fused-ring (bicyclic) bond motifs is 1. The molecule has 1 heterocycles. The Balaban J connectivity index is 1.38. The van der Waals surface area contributed by atoms with Gasteiger partial charge in [-0.05, 0) is 41.8 Å². The minimum Gasteiger partial charge on any atom is -0.468 e. The lowest BCUT2D eigenvalue weighted by molar-refractivity contribution is -0.144. The molecule has 3 aromatic carbocycles. The van der Waals surface area contributed by atoms with Crippen molar-refractivity contribution in [1.82, 2.24) is 5.32 Å². The van der Waals surface area contributed by atoms with Crippen molar-refractivity contribution < 1.29 is 28.5 Å². The molecule has 3 aromatic rings. The molecule has 2 unspecified atom stereocenters. The number of rotatable bonds is 14. The van der Waals surface area contributed by atoms with Crippen LogP contribution >= 0.6 is 23.2 Å². The standard InChI is InChI=1S/C33H36Cl2N2O6/c1-4-43-33(39)30-27(37-21(2)28(32(38)40-3)29(30)25-13-8-14-26(34)31(25)35)20-42-18-17-41-16-15-36-19-23-11-7-10-22-9-5-6-12-24(22)23/h5-14,28-29,36H,4,15-20H2,1-3H3. The lowest BCUT2D eigenvalue weighted by atomic mass is 9.75. The van der Waals surface area contributed by atoms with Crippen molar-refractivity contribution in [2.45, 2.75) is 26.3 Å². The fourth-order valence-electron chi connectivity index (χ4n) is 5.23. The Labute approximate surface area is 262 Å². The van der Waals surface area contributed by atoms with E-state index in [0.29, 0.717) is 41.8 Å². The van der Waals surface area contributed by atoms with Gasteiger partial charge in [0.05, 0.1) is 61.5 Å². The molecule has 0 aromatic heterocycles. The molecule has 0 radical (unpaired) electrons. The minimum atomic E-state index is -0.895. The third-order valence-corrected chi connectivity index (χ3v) is 8.05. The number of nitrogens with one attached hydrogen (secondary N) is 1. The van der Waals surface area contributed by atoms with Crippen LogP contribution in [0, 0.1) is 5.92 Å². The van der Waals surface area contributed by atoms with Gasteiger partial charge in [-0.15, -0.1) is 0 Å². The van der Waals surface area contributed by atoms with E-state index in [-0.39, 0.29) is 30.4 Å². The number of benzene rings is 3. The highest BCUT2D eigenvalue weighted by Crippen LogP contribution is 2.44. The van der Waals surface area contributed by atoms with Gasteiger partial charge in [0.1, 0.15) is 5.92 Å². The van der Waals surface area contributed by atoms with Crippen molar-refractivity contribution in [2.24, 2.45) is 10.9 Å². The Bertz CT molecular complexity index is 1500. The minimum absolute atomic E-state index is 0.0107. The number of hydrogen-bond acceptors (Lipinski definition) is 8. The molecule has 0 saturated carbocycles. The Morgan fingerprint density at radius 1 is 0.953 bits per heavy atom. The van der Waals surface area contributed by atoms with Gasteiger partial charge in [-0.2, -0.15) is 0 Å². The van der Waals surface area contributed by atoms with E-state index in [1.165, 1.54) is 23.4 Å². The summed E-state index contributed by atoms with van der Waals surface area (Å²) in [6.07, 6.45) is 0. The Morgan fingerprint density at radius 3 is 2.49 bits per heavy atom. The number of nitrogens with zero attached hydrogens (tertiary/aromatic N) is 1. The lowest BCUT2D eigenvalue weighted by Crippen LogP contribution is -2.37. The van der Waals surface area contributed by atoms with Crippen LogP contribution in [0.4, 0.5) is 0 Å². The van der Waals surface area contributed by atoms with Gasteiger partial charge in [0.25, 0.3) is 0 Å². The maximum Gasteiger partial charge on any atom is 0.336 e. The van der Waals surface area contributed by atoms with Crippen LogP contribution in [-0.2, 0) is 35.1 Å². The SMILES string of the molecule is CCOC(=O)C1=C(COCCOCCNCc2cccc3ccccc23)N=C(C)C(C(=O)OC)C1c1cccc(Cl)c1Cl. The molecule has 8 nitrogen and oxygen atoms in total. The predicted octanol–water partition coefficient (Wildman–Crippen LogP) is 6.13. The van der Waals surface area contributed by atoms with Gasteiger partial charge < -0.3 is 24.3 Å². The molecule has 0 saturated heterocycles. The summed E-state index contributed by atoms with van der Waals surface area (Å²) in [4.78, 5) is 30.8. The van der Waals surface area contributed by atoms with E-state index in [0.717, 1.165) is 6.54 Å². The normalized spacial score (nSPS) is 16.7. The molecule has 1 aliphatic rings. The van der Waals surface area contributed by atoms with Crippen LogP contribution in [0.15, 0.2) is 76.9 Å². The van der Waals surface area contributed by atoms with Gasteiger partial charge in [-0.1, -0.05) is 77.8 Å². The molecule has 228 valence electrons. The molecule has 1 N–H and O–H groups in total. The Morgan fingerprint density at radius 2 is 1.70 bits per heavy atom. The van der Waals surface area contributed by atoms with Crippen molar-refractivity contribution in [2.75, 3.05) is 46.7 Å². The Kier molecular flexibility index (Phi) is 12.1. The van der Waals surface area contributed by atoms with Crippen molar-refractivity contribution in [3.05, 3.63) is 93.1 Å². The van der Waals surface area contributed by atoms with Gasteiger partial charge in [0, 0.05) is 24.7 Å². The first-order valence-corrected chi connectivity index (χ1v) is 14.9. The summed E-state index contributed by atoms with van der Waals surface area (Å²) >= 11 is 12.9. The molecule has 4 rings (SSSR count). The molecule has 1 aliphatic heterocycles. The quantitative estimate of drug-likeness (QED) is 0.170. The predicted molar refractivity (Wildman–Crippen MR) is 169 cm³/mol. The first-order valence-electron chi connectivity index (χ1n) is 14.2. The summed E-state index contributed by atoms with van der Waals surface area (Å²) in [7, 11) is 1.29. The zero-order valence-corrected chi connectivity index (χ0v) is 26.0. The van der Waals surface area contributed by atoms with E-state index in [9.17, 15) is 9.59 Å². The van der Waals surface area contributed by atoms with Crippen LogP contribution in [0.5, 0.6) is 0 Å². The highest BCUT2D eigenvalue weighted by molar-refractivity contribution is 6.42. The molecule has 0 amide bonds. The third-order valence-electron chi connectivity index (χ3n) is 7.21. The van der Waals surface area contributed by atoms with E-state index in [1.54, 1.807) is 32.0 Å². The highest BCUT2D eigenvalue weighted by Gasteiger charge is 2.44. The average molecular weight is 628 g/mol. The third kappa shape index (κ3) is 8.02. The summed E-state index contributed by atoms with van der Waals surface area (Å²) in [5.41, 5.74) is 2.74. The molecular formula is C33H36Cl2N2O6. The van der Waals surface area contributed by atoms with Crippen LogP contribution in [-0.4, -0.2) is 64.3 Å². The second-order valence-corrected chi connectivity index (χ2v) is 10.7. The van der Waals surface area contributed by atoms with Crippen molar-refractivity contribution in [3.63, 3.8) is 0 Å². The second-order valence-electron chi connectivity index (χ2n) is 9.94. The summed E-state index contributed by atoms with van der Waals surface area (Å²) in [5, 5.41) is 6.41. The average Bonchev–Trinajstić information content (AvgIpc) is 3.01. The van der Waals surface area contributed by atoms with E-state index in [4.69, 9.17) is 42.1 Å². The molecule has 0 aliphatic carbocycles. The van der Waals surface area contributed by atoms with Crippen molar-refractivity contribution in [1.29, 1.82) is 0 Å². The van der Waals surface area contributed by atoms with Gasteiger partial charge in [-0.25, -0.2) is 4.79 Å². The number of carbonyl (C=O) groups excluding carboxylic acids is 2. The van der Waals surface area contributed by atoms with Crippen LogP contribution < -0.4 is 5.32 Å². The fraction of sp³-hybridized carbons (Fsp3) is 0.364. The number of ether oxygens (including phenoxy) is 4. The van der Waals surface area contributed by atoms with Crippen LogP contribution in [0.2, 0.25) is 10.0 Å². The molecule has 0 spiro atoms. The van der Waals surface area contributed by atoms with Crippen molar-refractivity contribution in [3.8, 4) is 0 Å². The van der Waals surface area contributed by atoms with E-state index in [2.05, 4.69) is 40.6 Å². The summed E-state index contributed by atoms with van der Waals surface area (Å²) < 4.78 is 22.1. The summed E-state index contributed by atoms with van der Waals surface area (Å²) in [6, 6.07) is 19.7. The lowest BCUT2D eigenvalue weighted by Gasteiger charge is -2.32. The zero-order chi connectivity index (χ0) is 30.8. The van der Waals surface area contributed by atoms with E-state index < -0.39 is 23.8 Å². The van der Waals surface area contributed by atoms with Gasteiger partial charge in [-0.3, -0.25) is 9.79 Å². The molecule has 10 heteroatoms. The van der Waals surface area contributed by atoms with Gasteiger partial charge in [0.15, 0.2) is 0 Å². The number of aliphatic imine (C=N–C) groups is 1. The molecule has 0 fully saturated rings. The van der Waals surface area contributed by atoms with Crippen molar-refractivity contribution >= 4 is 51.6 Å². The second kappa shape index (κ2) is 16.0.